The molecule has 0 heterocycles. The van der Waals surface area contributed by atoms with Crippen LogP contribution in [0.25, 0.3) is 0 Å². The number of carbonyl (C=O) groups excluding carboxylic acids is 1. The average Bonchev–Trinajstić information content (AvgIpc) is 2.13. The van der Waals surface area contributed by atoms with Crippen LogP contribution < -0.4 is 5.32 Å². The van der Waals surface area contributed by atoms with Gasteiger partial charge in [0, 0.05) is 12.1 Å². The van der Waals surface area contributed by atoms with Crippen LogP contribution in [0.3, 0.4) is 0 Å². The van der Waals surface area contributed by atoms with Gasteiger partial charge in [-0.2, -0.15) is 0 Å². The fourth-order valence-corrected chi connectivity index (χ4v) is 1.34. The lowest BCUT2D eigenvalue weighted by Crippen LogP contribution is -2.52. The van der Waals surface area contributed by atoms with E-state index in [2.05, 4.69) is 5.32 Å². The maximum atomic E-state index is 12.0. The summed E-state index contributed by atoms with van der Waals surface area (Å²) in [5.41, 5.74) is -0.363. The lowest BCUT2D eigenvalue weighted by Gasteiger charge is -2.37. The van der Waals surface area contributed by atoms with E-state index in [4.69, 9.17) is 5.11 Å². The molecule has 0 bridgehead atoms. The lowest BCUT2D eigenvalue weighted by molar-refractivity contribution is -0.141. The number of carboxylic acid groups (broad SMARTS) is 1. The minimum Gasteiger partial charge on any atom is -0.481 e. The van der Waals surface area contributed by atoms with E-state index in [1.165, 1.54) is 0 Å². The van der Waals surface area contributed by atoms with Crippen LogP contribution in [0.4, 0.5) is 0 Å². The monoisotopic (exact) mass is 230 g/mol. The minimum absolute atomic E-state index is 0.0283. The number of aliphatic carboxylic acids is 1. The molecule has 1 amide bonds. The summed E-state index contributed by atoms with van der Waals surface area (Å²) in [5.74, 6) is -0.963. The Balaban J connectivity index is 4.68. The Bertz CT molecular complexity index is 258. The Morgan fingerprint density at radius 3 is 2.19 bits per heavy atom. The van der Waals surface area contributed by atoms with Crippen molar-refractivity contribution in [2.75, 3.05) is 13.6 Å². The van der Waals surface area contributed by atoms with Crippen LogP contribution in [-0.4, -0.2) is 47.1 Å². The first-order chi connectivity index (χ1) is 7.20. The Morgan fingerprint density at radius 2 is 1.88 bits per heavy atom. The largest absolute Gasteiger partial charge is 0.481 e. The van der Waals surface area contributed by atoms with Gasteiger partial charge in [-0.15, -0.1) is 0 Å². The molecule has 0 aromatic carbocycles. The minimum atomic E-state index is -0.890. The molecule has 0 spiro atoms. The quantitative estimate of drug-likeness (QED) is 0.729. The first-order valence-electron chi connectivity index (χ1n) is 5.40. The van der Waals surface area contributed by atoms with Gasteiger partial charge in [-0.05, 0) is 34.7 Å². The topological polar surface area (TPSA) is 69.6 Å². The number of hydrogen-bond donors (Lipinski definition) is 2. The van der Waals surface area contributed by atoms with Crippen molar-refractivity contribution in [2.45, 2.75) is 45.7 Å². The fraction of sp³-hybridized carbons (Fsp3) is 0.818. The third kappa shape index (κ3) is 4.61. The van der Waals surface area contributed by atoms with Gasteiger partial charge in [0.2, 0.25) is 5.91 Å². The second kappa shape index (κ2) is 5.84. The zero-order chi connectivity index (χ0) is 12.9. The van der Waals surface area contributed by atoms with E-state index in [0.717, 1.165) is 0 Å². The zero-order valence-electron chi connectivity index (χ0n) is 10.7. The van der Waals surface area contributed by atoms with Crippen molar-refractivity contribution in [3.8, 4) is 0 Å². The summed E-state index contributed by atoms with van der Waals surface area (Å²) < 4.78 is 0. The second-order valence-electron chi connectivity index (χ2n) is 4.81. The normalized spacial score (nSPS) is 13.3. The highest BCUT2D eigenvalue weighted by Gasteiger charge is 2.29. The number of nitrogens with zero attached hydrogens (tertiary/aromatic N) is 1. The zero-order valence-corrected chi connectivity index (χ0v) is 10.7. The Kier molecular flexibility index (Phi) is 5.44. The van der Waals surface area contributed by atoms with Gasteiger partial charge in [-0.3, -0.25) is 9.59 Å². The molecule has 0 aliphatic heterocycles. The molecule has 0 fully saturated rings. The SMILES string of the molecule is CNC(C)C(=O)N(CCC(=O)O)C(C)(C)C. The van der Waals surface area contributed by atoms with Gasteiger partial charge in [0.05, 0.1) is 12.5 Å². The van der Waals surface area contributed by atoms with Crippen LogP contribution in [0.1, 0.15) is 34.1 Å². The van der Waals surface area contributed by atoms with Crippen molar-refractivity contribution in [1.82, 2.24) is 10.2 Å². The van der Waals surface area contributed by atoms with Crippen molar-refractivity contribution in [1.29, 1.82) is 0 Å². The van der Waals surface area contributed by atoms with E-state index in [0.29, 0.717) is 0 Å². The highest BCUT2D eigenvalue weighted by atomic mass is 16.4. The Labute approximate surface area is 96.8 Å². The molecule has 0 aromatic heterocycles. The summed E-state index contributed by atoms with van der Waals surface area (Å²) in [7, 11) is 1.71. The second-order valence-corrected chi connectivity index (χ2v) is 4.81. The first-order valence-corrected chi connectivity index (χ1v) is 5.40. The van der Waals surface area contributed by atoms with Gasteiger partial charge in [-0.25, -0.2) is 0 Å². The number of rotatable bonds is 5. The molecule has 94 valence electrons. The van der Waals surface area contributed by atoms with E-state index in [-0.39, 0.29) is 30.5 Å². The van der Waals surface area contributed by atoms with Crippen molar-refractivity contribution in [3.63, 3.8) is 0 Å². The maximum Gasteiger partial charge on any atom is 0.305 e. The number of hydrogen-bond acceptors (Lipinski definition) is 3. The molecule has 5 nitrogen and oxygen atoms in total. The molecule has 16 heavy (non-hydrogen) atoms. The molecule has 0 saturated carbocycles. The third-order valence-electron chi connectivity index (χ3n) is 2.43. The van der Waals surface area contributed by atoms with E-state index in [1.807, 2.05) is 20.8 Å². The molecule has 0 saturated heterocycles. The molecule has 1 atom stereocenters. The summed E-state index contributed by atoms with van der Waals surface area (Å²) >= 11 is 0. The fourth-order valence-electron chi connectivity index (χ4n) is 1.34. The smallest absolute Gasteiger partial charge is 0.305 e. The predicted octanol–water partition coefficient (Wildman–Crippen LogP) is 0.696. The molecule has 1 unspecified atom stereocenters. The number of nitrogens with one attached hydrogen (secondary N) is 1. The van der Waals surface area contributed by atoms with E-state index >= 15 is 0 Å². The molecular weight excluding hydrogens is 208 g/mol. The van der Waals surface area contributed by atoms with Crippen molar-refractivity contribution in [3.05, 3.63) is 0 Å². The van der Waals surface area contributed by atoms with Gasteiger partial charge in [0.25, 0.3) is 0 Å². The third-order valence-corrected chi connectivity index (χ3v) is 2.43. The molecule has 0 rings (SSSR count). The summed E-state index contributed by atoms with van der Waals surface area (Å²) in [4.78, 5) is 24.1. The van der Waals surface area contributed by atoms with Gasteiger partial charge >= 0.3 is 5.97 Å². The molecule has 0 aromatic rings. The molecule has 0 aliphatic carbocycles. The number of likely N-dealkylation sites (N-methyl/N-ethyl adjacent to an activating group) is 1. The summed E-state index contributed by atoms with van der Waals surface area (Å²) in [5, 5.41) is 11.5. The molecule has 2 N–H and O–H groups in total. The van der Waals surface area contributed by atoms with Gasteiger partial charge in [0.15, 0.2) is 0 Å². The standard InChI is InChI=1S/C11H22N2O3/c1-8(12-5)10(16)13(11(2,3)4)7-6-9(14)15/h8,12H,6-7H2,1-5H3,(H,14,15). The molecule has 0 radical (unpaired) electrons. The van der Waals surface area contributed by atoms with Crippen LogP contribution in [0, 0.1) is 0 Å². The highest BCUT2D eigenvalue weighted by Crippen LogP contribution is 2.15. The first kappa shape index (κ1) is 14.9. The van der Waals surface area contributed by atoms with Crippen LogP contribution in [0.2, 0.25) is 0 Å². The summed E-state index contributed by atoms with van der Waals surface area (Å²) in [6.45, 7) is 7.70. The van der Waals surface area contributed by atoms with Crippen molar-refractivity contribution < 1.29 is 14.7 Å². The van der Waals surface area contributed by atoms with E-state index in [9.17, 15) is 9.59 Å². The van der Waals surface area contributed by atoms with Crippen molar-refractivity contribution in [2.24, 2.45) is 0 Å². The van der Waals surface area contributed by atoms with E-state index < -0.39 is 5.97 Å². The Hall–Kier alpha value is -1.10. The lowest BCUT2D eigenvalue weighted by atomic mass is 10.0. The molecular formula is C11H22N2O3. The van der Waals surface area contributed by atoms with Gasteiger partial charge in [-0.1, -0.05) is 0 Å². The van der Waals surface area contributed by atoms with Crippen molar-refractivity contribution >= 4 is 11.9 Å². The average molecular weight is 230 g/mol. The summed E-state index contributed by atoms with van der Waals surface area (Å²) in [6.07, 6.45) is -0.0283. The highest BCUT2D eigenvalue weighted by molar-refractivity contribution is 5.82. The van der Waals surface area contributed by atoms with Crippen LogP contribution >= 0.6 is 0 Å². The number of amides is 1. The Morgan fingerprint density at radius 1 is 1.38 bits per heavy atom. The van der Waals surface area contributed by atoms with E-state index in [1.54, 1.807) is 18.9 Å². The predicted molar refractivity (Wildman–Crippen MR) is 62.2 cm³/mol. The maximum absolute atomic E-state index is 12.0. The van der Waals surface area contributed by atoms with Crippen LogP contribution in [0.15, 0.2) is 0 Å². The summed E-state index contributed by atoms with van der Waals surface area (Å²) in [6, 6.07) is -0.298. The number of carbonyl (C=O) groups is 2. The molecule has 5 heteroatoms. The number of carboxylic acids is 1. The van der Waals surface area contributed by atoms with Crippen LogP contribution in [-0.2, 0) is 9.59 Å². The molecule has 0 aliphatic rings. The van der Waals surface area contributed by atoms with Gasteiger partial charge < -0.3 is 15.3 Å². The van der Waals surface area contributed by atoms with Crippen LogP contribution in [0.5, 0.6) is 0 Å². The van der Waals surface area contributed by atoms with Gasteiger partial charge in [0.1, 0.15) is 0 Å².